The molecule has 0 rings (SSSR count). The van der Waals surface area contributed by atoms with Gasteiger partial charge in [-0.2, -0.15) is 0 Å². The van der Waals surface area contributed by atoms with Gasteiger partial charge in [0.1, 0.15) is 19.3 Å². The molecule has 0 fully saturated rings. The number of unbranched alkanes of at least 4 members (excludes halogenated alkanes) is 28. The Morgan fingerprint density at radius 2 is 0.562 bits per heavy atom. The molecule has 0 aromatic heterocycles. The van der Waals surface area contributed by atoms with E-state index < -0.39 is 97.5 Å². The van der Waals surface area contributed by atoms with Gasteiger partial charge in [0.15, 0.2) is 12.2 Å². The molecular weight excluding hydrogens is 1260 g/mol. The van der Waals surface area contributed by atoms with Gasteiger partial charge in [0.2, 0.25) is 0 Å². The number of rotatable bonds is 70. The largest absolute Gasteiger partial charge is 0.472 e. The zero-order valence-corrected chi connectivity index (χ0v) is 62.1. The minimum absolute atomic E-state index is 0.0772. The van der Waals surface area contributed by atoms with Crippen LogP contribution in [0.4, 0.5) is 0 Å². The van der Waals surface area contributed by atoms with Crippen LogP contribution in [0.25, 0.3) is 0 Å². The molecule has 3 N–H and O–H groups in total. The number of phosphoric acid groups is 2. The van der Waals surface area contributed by atoms with Crippen molar-refractivity contribution < 1.29 is 80.2 Å². The molecule has 0 aromatic carbocycles. The molecule has 0 aromatic rings. The smallest absolute Gasteiger partial charge is 0.462 e. The molecule has 19 heteroatoms. The van der Waals surface area contributed by atoms with Gasteiger partial charge in [0.25, 0.3) is 0 Å². The van der Waals surface area contributed by atoms with E-state index in [0.29, 0.717) is 25.7 Å². The molecule has 0 bridgehead atoms. The quantitative estimate of drug-likeness (QED) is 0.0169. The molecular formula is C77H134O17P2. The van der Waals surface area contributed by atoms with Crippen LogP contribution in [-0.4, -0.2) is 96.7 Å². The van der Waals surface area contributed by atoms with Gasteiger partial charge in [-0.25, -0.2) is 9.13 Å². The maximum atomic E-state index is 13.1. The van der Waals surface area contributed by atoms with E-state index in [2.05, 4.69) is 125 Å². The van der Waals surface area contributed by atoms with Crippen LogP contribution >= 0.6 is 15.6 Å². The average molecular weight is 1390 g/mol. The van der Waals surface area contributed by atoms with Crippen molar-refractivity contribution in [1.82, 2.24) is 0 Å². The minimum Gasteiger partial charge on any atom is -0.462 e. The van der Waals surface area contributed by atoms with Gasteiger partial charge >= 0.3 is 39.5 Å². The third-order valence-corrected chi connectivity index (χ3v) is 17.4. The van der Waals surface area contributed by atoms with Crippen molar-refractivity contribution in [1.29, 1.82) is 0 Å². The summed E-state index contributed by atoms with van der Waals surface area (Å²) in [6.45, 7) is 4.62. The number of esters is 4. The summed E-state index contributed by atoms with van der Waals surface area (Å²) in [5.41, 5.74) is 0. The average Bonchev–Trinajstić information content (AvgIpc) is 1.17. The maximum absolute atomic E-state index is 13.1. The number of hydrogen-bond acceptors (Lipinski definition) is 15. The van der Waals surface area contributed by atoms with Gasteiger partial charge in [-0.1, -0.05) is 260 Å². The first-order chi connectivity index (χ1) is 46.7. The first-order valence-electron chi connectivity index (χ1n) is 37.5. The Balaban J connectivity index is 5.34. The second-order valence-electron chi connectivity index (χ2n) is 24.9. The van der Waals surface area contributed by atoms with Gasteiger partial charge in [0, 0.05) is 25.7 Å². The fourth-order valence-electron chi connectivity index (χ4n) is 9.81. The van der Waals surface area contributed by atoms with E-state index in [9.17, 15) is 43.2 Å². The highest BCUT2D eigenvalue weighted by molar-refractivity contribution is 7.47. The second-order valence-corrected chi connectivity index (χ2v) is 27.8. The van der Waals surface area contributed by atoms with Crippen LogP contribution in [0.1, 0.15) is 310 Å². The van der Waals surface area contributed by atoms with Crippen molar-refractivity contribution in [2.75, 3.05) is 39.6 Å². The lowest BCUT2D eigenvalue weighted by atomic mass is 10.1. The van der Waals surface area contributed by atoms with Crippen molar-refractivity contribution in [3.05, 3.63) is 97.2 Å². The van der Waals surface area contributed by atoms with E-state index in [0.717, 1.165) is 167 Å². The molecule has 0 saturated heterocycles. The number of carbonyl (C=O) groups excluding carboxylic acids is 4. The number of aliphatic hydroxyl groups is 1. The van der Waals surface area contributed by atoms with Gasteiger partial charge in [-0.15, -0.1) is 0 Å². The maximum Gasteiger partial charge on any atom is 0.472 e. The third-order valence-electron chi connectivity index (χ3n) is 15.5. The minimum atomic E-state index is -4.98. The molecule has 0 aliphatic heterocycles. The molecule has 0 amide bonds. The molecule has 5 unspecified atom stereocenters. The third kappa shape index (κ3) is 68.5. The van der Waals surface area contributed by atoms with E-state index in [1.54, 1.807) is 0 Å². The summed E-state index contributed by atoms with van der Waals surface area (Å²) in [6, 6.07) is 0. The molecule has 0 radical (unpaired) electrons. The summed E-state index contributed by atoms with van der Waals surface area (Å²) in [6.07, 6.45) is 71.2. The lowest BCUT2D eigenvalue weighted by Crippen LogP contribution is -2.30. The number of carbonyl (C=O) groups is 4. The Bertz CT molecular complexity index is 2200. The van der Waals surface area contributed by atoms with Crippen LogP contribution in [0.3, 0.4) is 0 Å². The van der Waals surface area contributed by atoms with Crippen LogP contribution < -0.4 is 0 Å². The number of ether oxygens (including phenoxy) is 4. The first-order valence-corrected chi connectivity index (χ1v) is 40.5. The summed E-state index contributed by atoms with van der Waals surface area (Å²) in [4.78, 5) is 72.7. The van der Waals surface area contributed by atoms with Crippen molar-refractivity contribution in [2.24, 2.45) is 0 Å². The second kappa shape index (κ2) is 69.5. The van der Waals surface area contributed by atoms with E-state index in [1.807, 2.05) is 0 Å². The Morgan fingerprint density at radius 1 is 0.302 bits per heavy atom. The van der Waals surface area contributed by atoms with Crippen molar-refractivity contribution in [2.45, 2.75) is 329 Å². The van der Waals surface area contributed by atoms with Crippen LogP contribution in [0.2, 0.25) is 0 Å². The fourth-order valence-corrected chi connectivity index (χ4v) is 11.4. The van der Waals surface area contributed by atoms with Gasteiger partial charge in [-0.3, -0.25) is 37.3 Å². The SMILES string of the molecule is CC/C=C\C/C=C\C/C=C\C/C=C\C/C=C\CCCCCC(=O)OCC(COP(=O)(O)OCC(O)COP(=O)(O)OCC(COC(=O)CCCCCCC/C=C\C/C=C\CCC)OC(=O)CCCCCCCCCCCCC)OC(=O)CCCCCCC/C=C\CCCCCC. The zero-order valence-electron chi connectivity index (χ0n) is 60.3. The molecule has 0 spiro atoms. The van der Waals surface area contributed by atoms with Crippen LogP contribution in [0.15, 0.2) is 97.2 Å². The summed E-state index contributed by atoms with van der Waals surface area (Å²) in [7, 11) is -9.95. The fraction of sp³-hybridized carbons (Fsp3) is 0.740. The Hall–Kier alpha value is -4.02. The molecule has 0 aliphatic carbocycles. The van der Waals surface area contributed by atoms with E-state index in [-0.39, 0.29) is 25.7 Å². The number of allylic oxidation sites excluding steroid dienone is 16. The highest BCUT2D eigenvalue weighted by Crippen LogP contribution is 2.45. The lowest BCUT2D eigenvalue weighted by Gasteiger charge is -2.21. The van der Waals surface area contributed by atoms with Crippen LogP contribution in [0.5, 0.6) is 0 Å². The Morgan fingerprint density at radius 3 is 0.906 bits per heavy atom. The van der Waals surface area contributed by atoms with Crippen LogP contribution in [0, 0.1) is 0 Å². The predicted octanol–water partition coefficient (Wildman–Crippen LogP) is 21.2. The molecule has 554 valence electrons. The molecule has 0 heterocycles. The molecule has 17 nitrogen and oxygen atoms in total. The zero-order chi connectivity index (χ0) is 70.4. The van der Waals surface area contributed by atoms with Crippen molar-refractivity contribution in [3.63, 3.8) is 0 Å². The Kier molecular flexibility index (Phi) is 66.6. The summed E-state index contributed by atoms with van der Waals surface area (Å²) in [5.74, 6) is -2.22. The lowest BCUT2D eigenvalue weighted by molar-refractivity contribution is -0.161. The van der Waals surface area contributed by atoms with Gasteiger partial charge in [-0.05, 0) is 122 Å². The topological polar surface area (TPSA) is 237 Å². The highest BCUT2D eigenvalue weighted by Gasteiger charge is 2.30. The van der Waals surface area contributed by atoms with E-state index in [1.165, 1.54) is 64.2 Å². The summed E-state index contributed by atoms with van der Waals surface area (Å²) >= 11 is 0. The van der Waals surface area contributed by atoms with Crippen molar-refractivity contribution >= 4 is 39.5 Å². The van der Waals surface area contributed by atoms with Crippen LogP contribution in [-0.2, 0) is 65.4 Å². The predicted molar refractivity (Wildman–Crippen MR) is 390 cm³/mol. The highest BCUT2D eigenvalue weighted by atomic mass is 31.2. The standard InChI is InChI=1S/C77H134O17P2/c1-5-9-13-17-21-25-29-32-33-34-35-36-37-40-43-46-50-54-58-62-75(80)88-68-73(94-77(82)64-60-56-52-48-44-39-31-27-23-19-15-11-7-3)70-92-96(85,86)90-66-71(78)65-89-95(83,84)91-69-72(93-76(81)63-59-55-51-47-41-28-24-20-16-12-8-4)67-87-74(79)61-57-53-49-45-42-38-30-26-22-18-14-10-6-2/h9,13-14,18,21,25-27,30-33,35-36,40,43,71-73,78H,5-8,10-12,15-17,19-20,22-24,28-29,34,37-39,41-42,44-70H2,1-4H3,(H,83,84)(H,85,86)/b13-9-,18-14-,25-21-,30-26-,31-27-,33-32-,36-35-,43-40-. The molecule has 96 heavy (non-hydrogen) atoms. The van der Waals surface area contributed by atoms with E-state index in [4.69, 9.17) is 37.0 Å². The number of phosphoric ester groups is 2. The Labute approximate surface area is 582 Å². The molecule has 0 aliphatic rings. The summed E-state index contributed by atoms with van der Waals surface area (Å²) < 4.78 is 68.3. The monoisotopic (exact) mass is 1390 g/mol. The van der Waals surface area contributed by atoms with E-state index >= 15 is 0 Å². The first kappa shape index (κ1) is 92.0. The normalized spacial score (nSPS) is 14.5. The summed E-state index contributed by atoms with van der Waals surface area (Å²) in [5, 5.41) is 10.6. The molecule has 5 atom stereocenters. The molecule has 0 saturated carbocycles. The van der Waals surface area contributed by atoms with Gasteiger partial charge in [0.05, 0.1) is 26.4 Å². The number of aliphatic hydroxyl groups excluding tert-OH is 1. The van der Waals surface area contributed by atoms with Crippen molar-refractivity contribution in [3.8, 4) is 0 Å². The number of hydrogen-bond donors (Lipinski definition) is 3. The van der Waals surface area contributed by atoms with Gasteiger partial charge < -0.3 is 33.8 Å².